The van der Waals surface area contributed by atoms with Gasteiger partial charge in [-0.05, 0) is 98.6 Å². The van der Waals surface area contributed by atoms with Crippen LogP contribution in [0, 0.1) is 7.14 Å². The number of allylic oxidation sites excluding steroid dienone is 1. The van der Waals surface area contributed by atoms with E-state index in [1.54, 1.807) is 4.57 Å². The second-order valence-corrected chi connectivity index (χ2v) is 12.8. The van der Waals surface area contributed by atoms with Gasteiger partial charge in [-0.1, -0.05) is 54.7 Å². The first-order valence-electron chi connectivity index (χ1n) is 13.1. The summed E-state index contributed by atoms with van der Waals surface area (Å²) in [6.07, 6.45) is 2.40. The third-order valence-electron chi connectivity index (χ3n) is 6.90. The average Bonchev–Trinajstić information content (AvgIpc) is 3.59. The Labute approximate surface area is 272 Å². The molecule has 2 aliphatic heterocycles. The van der Waals surface area contributed by atoms with Gasteiger partial charge in [0.15, 0.2) is 16.3 Å². The molecular weight excluding hydrogens is 782 g/mol. The van der Waals surface area contributed by atoms with E-state index in [1.807, 2.05) is 73.7 Å². The lowest BCUT2D eigenvalue weighted by molar-refractivity contribution is -0.136. The van der Waals surface area contributed by atoms with Gasteiger partial charge in [-0.15, -0.1) is 0 Å². The predicted molar refractivity (Wildman–Crippen MR) is 176 cm³/mol. The van der Waals surface area contributed by atoms with Crippen LogP contribution in [0.2, 0.25) is 0 Å². The maximum absolute atomic E-state index is 13.9. The molecule has 2 aliphatic rings. The van der Waals surface area contributed by atoms with Gasteiger partial charge in [0.2, 0.25) is 6.79 Å². The van der Waals surface area contributed by atoms with Crippen LogP contribution in [-0.2, 0) is 16.1 Å². The number of carbonyl (C=O) groups excluding carboxylic acids is 1. The Hall–Kier alpha value is -3.17. The molecule has 3 aromatic carbocycles. The summed E-state index contributed by atoms with van der Waals surface area (Å²) in [5.41, 5.74) is 3.46. The van der Waals surface area contributed by atoms with Crippen molar-refractivity contribution in [3.05, 3.63) is 115 Å². The van der Waals surface area contributed by atoms with Gasteiger partial charge in [-0.3, -0.25) is 9.36 Å². The summed E-state index contributed by atoms with van der Waals surface area (Å²) in [4.78, 5) is 32.1. The van der Waals surface area contributed by atoms with E-state index in [0.29, 0.717) is 33.6 Å². The molecule has 1 aromatic heterocycles. The largest absolute Gasteiger partial charge is 0.487 e. The molecule has 3 heterocycles. The maximum Gasteiger partial charge on any atom is 0.338 e. The third-order valence-corrected chi connectivity index (χ3v) is 9.49. The summed E-state index contributed by atoms with van der Waals surface area (Å²) in [7, 11) is 1.35. The second-order valence-electron chi connectivity index (χ2n) is 9.49. The quantitative estimate of drug-likeness (QED) is 0.186. The van der Waals surface area contributed by atoms with Crippen LogP contribution < -0.4 is 29.1 Å². The molecule has 1 atom stereocenters. The Morgan fingerprint density at radius 3 is 2.55 bits per heavy atom. The standard InChI is InChI=1S/C31H24I2N2O6S/c1-3-22-26(30(37)38-2)27(19-7-5-4-6-8-19)35-29(36)25(42-31(35)34-22)14-18-11-20(32)28(21(33)12-18)39-15-17-9-10-23-24(13-17)41-16-40-23/h4-14,27H,3,15-16H2,1-2H3/b25-14-/t27-/m1/s1. The van der Waals surface area contributed by atoms with Crippen molar-refractivity contribution in [2.24, 2.45) is 4.99 Å². The van der Waals surface area contributed by atoms with Gasteiger partial charge in [0, 0.05) is 0 Å². The number of benzene rings is 3. The number of thiazole rings is 1. The zero-order chi connectivity index (χ0) is 29.4. The van der Waals surface area contributed by atoms with Crippen LogP contribution in [-0.4, -0.2) is 24.4 Å². The summed E-state index contributed by atoms with van der Waals surface area (Å²) < 4.78 is 26.2. The Morgan fingerprint density at radius 2 is 1.83 bits per heavy atom. The lowest BCUT2D eigenvalue weighted by atomic mass is 9.95. The van der Waals surface area contributed by atoms with Gasteiger partial charge in [0.05, 0.1) is 36.1 Å². The van der Waals surface area contributed by atoms with Crippen molar-refractivity contribution in [1.82, 2.24) is 4.57 Å². The third kappa shape index (κ3) is 5.49. The predicted octanol–water partition coefficient (Wildman–Crippen LogP) is 5.32. The molecule has 11 heteroatoms. The van der Waals surface area contributed by atoms with E-state index in [0.717, 1.165) is 41.1 Å². The average molecular weight is 806 g/mol. The number of carbonyl (C=O) groups is 1. The highest BCUT2D eigenvalue weighted by Crippen LogP contribution is 2.35. The fourth-order valence-electron chi connectivity index (χ4n) is 4.95. The summed E-state index contributed by atoms with van der Waals surface area (Å²) in [6.45, 7) is 2.55. The lowest BCUT2D eigenvalue weighted by Gasteiger charge is -2.25. The second kappa shape index (κ2) is 12.2. The minimum Gasteiger partial charge on any atom is -0.487 e. The first-order chi connectivity index (χ1) is 20.4. The van der Waals surface area contributed by atoms with Crippen LogP contribution in [0.4, 0.5) is 0 Å². The number of methoxy groups -OCH3 is 1. The van der Waals surface area contributed by atoms with Gasteiger partial charge in [0.25, 0.3) is 5.56 Å². The Kier molecular flexibility index (Phi) is 8.41. The minimum absolute atomic E-state index is 0.211. The van der Waals surface area contributed by atoms with Crippen LogP contribution in [0.25, 0.3) is 6.08 Å². The van der Waals surface area contributed by atoms with E-state index in [-0.39, 0.29) is 12.4 Å². The fraction of sp³-hybridized carbons (Fsp3) is 0.194. The smallest absolute Gasteiger partial charge is 0.338 e. The SMILES string of the molecule is CCC1=C(C(=O)OC)[C@@H](c2ccccc2)n2c(s/c(=C\c3cc(I)c(OCc4ccc5c(c4)OCO5)c(I)c3)c2=O)=N1. The number of esters is 1. The van der Waals surface area contributed by atoms with E-state index in [1.165, 1.54) is 18.4 Å². The molecule has 0 radical (unpaired) electrons. The summed E-state index contributed by atoms with van der Waals surface area (Å²) in [5.74, 6) is 1.74. The highest BCUT2D eigenvalue weighted by molar-refractivity contribution is 14.1. The van der Waals surface area contributed by atoms with Crippen molar-refractivity contribution in [2.75, 3.05) is 13.9 Å². The zero-order valence-corrected chi connectivity index (χ0v) is 27.7. The fourth-order valence-corrected chi connectivity index (χ4v) is 8.10. The van der Waals surface area contributed by atoms with Crippen molar-refractivity contribution >= 4 is 68.6 Å². The van der Waals surface area contributed by atoms with E-state index in [4.69, 9.17) is 23.9 Å². The zero-order valence-electron chi connectivity index (χ0n) is 22.6. The van der Waals surface area contributed by atoms with E-state index < -0.39 is 12.0 Å². The van der Waals surface area contributed by atoms with Crippen LogP contribution in [0.3, 0.4) is 0 Å². The number of rotatable bonds is 7. The van der Waals surface area contributed by atoms with Crippen molar-refractivity contribution in [2.45, 2.75) is 26.0 Å². The van der Waals surface area contributed by atoms with Gasteiger partial charge >= 0.3 is 5.97 Å². The molecule has 0 unspecified atom stereocenters. The molecule has 214 valence electrons. The molecule has 0 saturated carbocycles. The maximum atomic E-state index is 13.9. The topological polar surface area (TPSA) is 88.4 Å². The Bertz CT molecular complexity index is 1890. The molecule has 0 spiro atoms. The Balaban J connectivity index is 1.36. The summed E-state index contributed by atoms with van der Waals surface area (Å²) in [5, 5.41) is 0. The van der Waals surface area contributed by atoms with Gasteiger partial charge in [-0.2, -0.15) is 0 Å². The first kappa shape index (κ1) is 28.9. The molecule has 0 fully saturated rings. The number of ether oxygens (including phenoxy) is 4. The molecule has 0 N–H and O–H groups in total. The van der Waals surface area contributed by atoms with Crippen molar-refractivity contribution in [3.63, 3.8) is 0 Å². The van der Waals surface area contributed by atoms with E-state index >= 15 is 0 Å². The van der Waals surface area contributed by atoms with Gasteiger partial charge < -0.3 is 18.9 Å². The van der Waals surface area contributed by atoms with Crippen LogP contribution in [0.1, 0.15) is 36.1 Å². The molecule has 0 saturated heterocycles. The first-order valence-corrected chi connectivity index (χ1v) is 16.0. The number of aromatic nitrogens is 1. The number of halogens is 2. The van der Waals surface area contributed by atoms with Crippen molar-refractivity contribution in [1.29, 1.82) is 0 Å². The molecule has 0 amide bonds. The van der Waals surface area contributed by atoms with Crippen LogP contribution in [0.15, 0.2) is 81.7 Å². The molecule has 4 aromatic rings. The van der Waals surface area contributed by atoms with E-state index in [2.05, 4.69) is 45.2 Å². The molecule has 8 nitrogen and oxygen atoms in total. The van der Waals surface area contributed by atoms with Gasteiger partial charge in [-0.25, -0.2) is 9.79 Å². The molecule has 6 rings (SSSR count). The monoisotopic (exact) mass is 806 g/mol. The molecule has 42 heavy (non-hydrogen) atoms. The number of hydrogen-bond acceptors (Lipinski definition) is 8. The number of nitrogens with zero attached hydrogens (tertiary/aromatic N) is 2. The Morgan fingerprint density at radius 1 is 1.10 bits per heavy atom. The highest BCUT2D eigenvalue weighted by atomic mass is 127. The molecule has 0 aliphatic carbocycles. The highest BCUT2D eigenvalue weighted by Gasteiger charge is 2.33. The normalized spacial score (nSPS) is 15.8. The van der Waals surface area contributed by atoms with Crippen molar-refractivity contribution in [3.8, 4) is 17.2 Å². The number of hydrogen-bond donors (Lipinski definition) is 0. The van der Waals surface area contributed by atoms with E-state index in [9.17, 15) is 9.59 Å². The lowest BCUT2D eigenvalue weighted by Crippen LogP contribution is -2.40. The number of fused-ring (bicyclic) bond motifs is 2. The molecule has 0 bridgehead atoms. The summed E-state index contributed by atoms with van der Waals surface area (Å²) >= 11 is 5.82. The van der Waals surface area contributed by atoms with Crippen LogP contribution in [0.5, 0.6) is 17.2 Å². The summed E-state index contributed by atoms with van der Waals surface area (Å²) in [6, 6.07) is 18.6. The van der Waals surface area contributed by atoms with Crippen molar-refractivity contribution < 1.29 is 23.7 Å². The minimum atomic E-state index is -0.626. The van der Waals surface area contributed by atoms with Gasteiger partial charge in [0.1, 0.15) is 12.4 Å². The molecular formula is C31H24I2N2O6S. The van der Waals surface area contributed by atoms with Crippen LogP contribution >= 0.6 is 56.5 Å².